The van der Waals surface area contributed by atoms with Gasteiger partial charge in [0.1, 0.15) is 11.5 Å². The minimum absolute atomic E-state index is 0.584. The van der Waals surface area contributed by atoms with Crippen molar-refractivity contribution in [2.24, 2.45) is 0 Å². The maximum Gasteiger partial charge on any atom is 0.194 e. The molecular weight excluding hydrogens is 400 g/mol. The van der Waals surface area contributed by atoms with E-state index in [-0.39, 0.29) is 0 Å². The van der Waals surface area contributed by atoms with Crippen LogP contribution in [0.15, 0.2) is 35.7 Å². The van der Waals surface area contributed by atoms with Crippen molar-refractivity contribution >= 4 is 16.3 Å². The maximum atomic E-state index is 5.93. The summed E-state index contributed by atoms with van der Waals surface area (Å²) in [5.74, 6) is 3.03. The maximum absolute atomic E-state index is 5.93. The molecule has 5 rings (SSSR count). The van der Waals surface area contributed by atoms with Crippen molar-refractivity contribution in [1.82, 2.24) is 9.38 Å². The highest BCUT2D eigenvalue weighted by atomic mass is 32.1. The Morgan fingerprint density at radius 1 is 0.967 bits per heavy atom. The summed E-state index contributed by atoms with van der Waals surface area (Å²) in [6, 6.07) is 10.0. The van der Waals surface area contributed by atoms with E-state index in [0.717, 1.165) is 56.9 Å². The summed E-state index contributed by atoms with van der Waals surface area (Å²) in [6.45, 7) is 2.57. The Kier molecular flexibility index (Phi) is 4.55. The number of nitrogens with zero attached hydrogens (tertiary/aromatic N) is 2. The van der Waals surface area contributed by atoms with Gasteiger partial charge in [-0.2, -0.15) is 0 Å². The fourth-order valence-corrected chi connectivity index (χ4v) is 4.97. The van der Waals surface area contributed by atoms with Crippen molar-refractivity contribution in [3.05, 3.63) is 47.0 Å². The van der Waals surface area contributed by atoms with Crippen LogP contribution in [0.1, 0.15) is 18.2 Å². The normalized spacial score (nSPS) is 12.0. The lowest BCUT2D eigenvalue weighted by molar-refractivity contribution is 0.337. The van der Waals surface area contributed by atoms with Crippen LogP contribution < -0.4 is 18.9 Å². The molecule has 1 aliphatic rings. The summed E-state index contributed by atoms with van der Waals surface area (Å²) >= 11 is 1.63. The molecule has 0 amide bonds. The van der Waals surface area contributed by atoms with Crippen LogP contribution in [0.25, 0.3) is 27.5 Å². The standard InChI is InChI=1S/C23H22N2O4S/c1-5-29-19-10-14(26-2)6-7-15(19)18-12-30-23-24-22-16-11-21(28-4)20(27-3)9-13(16)8-17(22)25(18)23/h6-7,9-12H,5,8H2,1-4H3. The Hall–Kier alpha value is -3.19. The lowest BCUT2D eigenvalue weighted by Gasteiger charge is -2.12. The van der Waals surface area contributed by atoms with Gasteiger partial charge >= 0.3 is 0 Å². The first-order valence-electron chi connectivity index (χ1n) is 9.73. The summed E-state index contributed by atoms with van der Waals surface area (Å²) in [5, 5.41) is 2.14. The van der Waals surface area contributed by atoms with Gasteiger partial charge in [0, 0.05) is 29.0 Å². The Labute approximate surface area is 178 Å². The monoisotopic (exact) mass is 422 g/mol. The van der Waals surface area contributed by atoms with Crippen LogP contribution in [0, 0.1) is 0 Å². The predicted octanol–water partition coefficient (Wildman–Crippen LogP) is 5.06. The summed E-state index contributed by atoms with van der Waals surface area (Å²) in [5.41, 5.74) is 6.56. The number of hydrogen-bond donors (Lipinski definition) is 0. The number of fused-ring (bicyclic) bond motifs is 5. The zero-order valence-electron chi connectivity index (χ0n) is 17.3. The number of methoxy groups -OCH3 is 3. The molecule has 0 saturated heterocycles. The van der Waals surface area contributed by atoms with E-state index in [1.165, 1.54) is 11.3 Å². The first-order valence-corrected chi connectivity index (χ1v) is 10.6. The lowest BCUT2D eigenvalue weighted by Crippen LogP contribution is -1.98. The number of thiazole rings is 1. The molecule has 154 valence electrons. The second-order valence-corrected chi connectivity index (χ2v) is 7.82. The molecule has 0 spiro atoms. The summed E-state index contributed by atoms with van der Waals surface area (Å²) < 4.78 is 24.5. The van der Waals surface area contributed by atoms with Gasteiger partial charge < -0.3 is 18.9 Å². The third-order valence-corrected chi connectivity index (χ3v) is 6.27. The predicted molar refractivity (Wildman–Crippen MR) is 118 cm³/mol. The van der Waals surface area contributed by atoms with Crippen molar-refractivity contribution in [2.45, 2.75) is 13.3 Å². The number of imidazole rings is 1. The molecule has 2 heterocycles. The van der Waals surface area contributed by atoms with E-state index in [0.29, 0.717) is 6.61 Å². The topological polar surface area (TPSA) is 54.2 Å². The van der Waals surface area contributed by atoms with E-state index in [1.807, 2.05) is 37.3 Å². The average Bonchev–Trinajstić information content (AvgIpc) is 3.43. The molecule has 2 aromatic heterocycles. The SMILES string of the molecule is CCOc1cc(OC)ccc1-c1csc2nc3c(n12)Cc1cc(OC)c(OC)cc1-3. The third-order valence-electron chi connectivity index (χ3n) is 5.45. The van der Waals surface area contributed by atoms with E-state index in [9.17, 15) is 0 Å². The molecule has 0 atom stereocenters. The van der Waals surface area contributed by atoms with E-state index in [2.05, 4.69) is 9.78 Å². The summed E-state index contributed by atoms with van der Waals surface area (Å²) in [4.78, 5) is 5.91. The highest BCUT2D eigenvalue weighted by molar-refractivity contribution is 7.15. The number of benzene rings is 2. The minimum Gasteiger partial charge on any atom is -0.497 e. The van der Waals surface area contributed by atoms with Crippen LogP contribution >= 0.6 is 11.3 Å². The molecule has 0 bridgehead atoms. The van der Waals surface area contributed by atoms with E-state index in [4.69, 9.17) is 23.9 Å². The number of aromatic nitrogens is 2. The Bertz CT molecular complexity index is 1260. The molecule has 0 saturated carbocycles. The van der Waals surface area contributed by atoms with Crippen molar-refractivity contribution in [3.63, 3.8) is 0 Å². The van der Waals surface area contributed by atoms with Gasteiger partial charge in [-0.15, -0.1) is 11.3 Å². The molecule has 7 heteroatoms. The number of rotatable bonds is 6. The van der Waals surface area contributed by atoms with Gasteiger partial charge in [0.15, 0.2) is 16.5 Å². The van der Waals surface area contributed by atoms with Gasteiger partial charge in [0.05, 0.1) is 45.0 Å². The van der Waals surface area contributed by atoms with Crippen LogP contribution in [0.3, 0.4) is 0 Å². The van der Waals surface area contributed by atoms with E-state index < -0.39 is 0 Å². The fraction of sp³-hybridized carbons (Fsp3) is 0.261. The Morgan fingerprint density at radius 2 is 1.77 bits per heavy atom. The third kappa shape index (κ3) is 2.73. The smallest absolute Gasteiger partial charge is 0.194 e. The molecule has 0 fully saturated rings. The van der Waals surface area contributed by atoms with Crippen LogP contribution in [0.4, 0.5) is 0 Å². The van der Waals surface area contributed by atoms with Crippen molar-refractivity contribution < 1.29 is 18.9 Å². The van der Waals surface area contributed by atoms with Crippen molar-refractivity contribution in [3.8, 4) is 45.5 Å². The molecule has 4 aromatic rings. The number of ether oxygens (including phenoxy) is 4. The van der Waals surface area contributed by atoms with E-state index in [1.54, 1.807) is 32.7 Å². The first kappa shape index (κ1) is 18.8. The number of hydrogen-bond acceptors (Lipinski definition) is 6. The molecule has 30 heavy (non-hydrogen) atoms. The minimum atomic E-state index is 0.584. The highest BCUT2D eigenvalue weighted by Gasteiger charge is 2.29. The largest absolute Gasteiger partial charge is 0.497 e. The second kappa shape index (κ2) is 7.25. The molecule has 0 unspecified atom stereocenters. The molecule has 0 aliphatic heterocycles. The zero-order chi connectivity index (χ0) is 20.8. The average molecular weight is 423 g/mol. The fourth-order valence-electron chi connectivity index (χ4n) is 4.07. The Morgan fingerprint density at radius 3 is 2.50 bits per heavy atom. The van der Waals surface area contributed by atoms with Gasteiger partial charge in [-0.05, 0) is 36.8 Å². The molecule has 6 nitrogen and oxygen atoms in total. The van der Waals surface area contributed by atoms with Crippen LogP contribution in [-0.4, -0.2) is 37.3 Å². The van der Waals surface area contributed by atoms with Crippen LogP contribution in [0.2, 0.25) is 0 Å². The first-order chi connectivity index (χ1) is 14.7. The molecular formula is C23H22N2O4S. The highest BCUT2D eigenvalue weighted by Crippen LogP contribution is 2.45. The zero-order valence-corrected chi connectivity index (χ0v) is 18.1. The van der Waals surface area contributed by atoms with Crippen molar-refractivity contribution in [2.75, 3.05) is 27.9 Å². The Balaban J connectivity index is 1.68. The summed E-state index contributed by atoms with van der Waals surface area (Å²) in [7, 11) is 4.98. The van der Waals surface area contributed by atoms with Crippen LogP contribution in [-0.2, 0) is 6.42 Å². The lowest BCUT2D eigenvalue weighted by atomic mass is 10.1. The van der Waals surface area contributed by atoms with Gasteiger partial charge in [-0.1, -0.05) is 0 Å². The molecule has 0 radical (unpaired) electrons. The van der Waals surface area contributed by atoms with Crippen molar-refractivity contribution in [1.29, 1.82) is 0 Å². The quantitative estimate of drug-likeness (QED) is 0.383. The molecule has 2 aromatic carbocycles. The summed E-state index contributed by atoms with van der Waals surface area (Å²) in [6.07, 6.45) is 0.788. The second-order valence-electron chi connectivity index (χ2n) is 6.98. The van der Waals surface area contributed by atoms with Gasteiger partial charge in [0.2, 0.25) is 0 Å². The van der Waals surface area contributed by atoms with Gasteiger partial charge in [-0.25, -0.2) is 4.98 Å². The van der Waals surface area contributed by atoms with E-state index >= 15 is 0 Å². The van der Waals surface area contributed by atoms with Gasteiger partial charge in [0.25, 0.3) is 0 Å². The molecule has 0 N–H and O–H groups in total. The van der Waals surface area contributed by atoms with Gasteiger partial charge in [-0.3, -0.25) is 4.40 Å². The molecule has 1 aliphatic carbocycles. The van der Waals surface area contributed by atoms with Crippen LogP contribution in [0.5, 0.6) is 23.0 Å².